The van der Waals surface area contributed by atoms with E-state index in [0.29, 0.717) is 18.3 Å². The van der Waals surface area contributed by atoms with Crippen molar-refractivity contribution in [2.75, 3.05) is 7.11 Å². The highest BCUT2D eigenvalue weighted by molar-refractivity contribution is 5.74. The van der Waals surface area contributed by atoms with Crippen molar-refractivity contribution < 1.29 is 4.74 Å². The smallest absolute Gasteiger partial charge is 0.273 e. The average Bonchev–Trinajstić information content (AvgIpc) is 3.51. The third-order valence-electron chi connectivity index (χ3n) is 5.01. The fourth-order valence-corrected chi connectivity index (χ4v) is 3.35. The van der Waals surface area contributed by atoms with Gasteiger partial charge in [-0.05, 0) is 42.7 Å². The van der Waals surface area contributed by atoms with Crippen molar-refractivity contribution in [3.05, 3.63) is 70.1 Å². The molecule has 1 aliphatic carbocycles. The van der Waals surface area contributed by atoms with Gasteiger partial charge in [-0.1, -0.05) is 24.3 Å². The summed E-state index contributed by atoms with van der Waals surface area (Å²) in [5.41, 5.74) is 3.56. The molecular formula is C21H23N3O2. The lowest BCUT2D eigenvalue weighted by molar-refractivity contribution is 0.241. The highest BCUT2D eigenvalue weighted by atomic mass is 16.5. The van der Waals surface area contributed by atoms with Gasteiger partial charge in [-0.3, -0.25) is 9.69 Å². The third-order valence-corrected chi connectivity index (χ3v) is 5.01. The van der Waals surface area contributed by atoms with E-state index in [1.165, 1.54) is 18.4 Å². The molecule has 1 fully saturated rings. The van der Waals surface area contributed by atoms with E-state index in [9.17, 15) is 4.79 Å². The van der Waals surface area contributed by atoms with E-state index in [0.717, 1.165) is 23.3 Å². The minimum atomic E-state index is -0.0101. The van der Waals surface area contributed by atoms with E-state index in [1.807, 2.05) is 43.4 Å². The first kappa shape index (κ1) is 16.8. The van der Waals surface area contributed by atoms with E-state index in [1.54, 1.807) is 11.7 Å². The standard InChI is InChI=1S/C21H23N3O2/c1-23-20-6-4-3-5-18(20)22-19(21(23)25)14-24(16-9-10-16)13-15-7-11-17(26-2)12-8-15/h3-8,11-12,16H,9-10,13-14H2,1-2H3. The van der Waals surface area contributed by atoms with Gasteiger partial charge in [0.2, 0.25) is 0 Å². The molecule has 0 unspecified atom stereocenters. The molecule has 0 saturated heterocycles. The van der Waals surface area contributed by atoms with Crippen LogP contribution < -0.4 is 10.3 Å². The summed E-state index contributed by atoms with van der Waals surface area (Å²) in [6.07, 6.45) is 2.37. The summed E-state index contributed by atoms with van der Waals surface area (Å²) in [6.45, 7) is 1.39. The lowest BCUT2D eigenvalue weighted by atomic mass is 10.2. The van der Waals surface area contributed by atoms with Crippen LogP contribution in [0.25, 0.3) is 11.0 Å². The summed E-state index contributed by atoms with van der Waals surface area (Å²) in [7, 11) is 3.49. The monoisotopic (exact) mass is 349 g/mol. The molecule has 0 atom stereocenters. The van der Waals surface area contributed by atoms with Gasteiger partial charge < -0.3 is 9.30 Å². The second-order valence-electron chi connectivity index (χ2n) is 6.90. The Labute approximate surface area is 152 Å². The summed E-state index contributed by atoms with van der Waals surface area (Å²) in [6, 6.07) is 16.5. The van der Waals surface area contributed by atoms with Crippen LogP contribution >= 0.6 is 0 Å². The van der Waals surface area contributed by atoms with Crippen molar-refractivity contribution in [2.45, 2.75) is 32.0 Å². The summed E-state index contributed by atoms with van der Waals surface area (Å²) in [5.74, 6) is 0.858. The predicted molar refractivity (Wildman–Crippen MR) is 102 cm³/mol. The molecule has 5 nitrogen and oxygen atoms in total. The number of nitrogens with zero attached hydrogens (tertiary/aromatic N) is 3. The zero-order valence-corrected chi connectivity index (χ0v) is 15.2. The molecule has 1 aromatic heterocycles. The van der Waals surface area contributed by atoms with Crippen LogP contribution in [0.15, 0.2) is 53.3 Å². The largest absolute Gasteiger partial charge is 0.497 e. The zero-order chi connectivity index (χ0) is 18.1. The highest BCUT2D eigenvalue weighted by Crippen LogP contribution is 2.29. The number of ether oxygens (including phenoxy) is 1. The van der Waals surface area contributed by atoms with E-state index < -0.39 is 0 Å². The Bertz CT molecular complexity index is 975. The van der Waals surface area contributed by atoms with Gasteiger partial charge in [-0.2, -0.15) is 0 Å². The first-order chi connectivity index (χ1) is 12.7. The molecule has 2 aromatic carbocycles. The number of rotatable bonds is 6. The lowest BCUT2D eigenvalue weighted by Gasteiger charge is -2.22. The Morgan fingerprint density at radius 1 is 1.12 bits per heavy atom. The van der Waals surface area contributed by atoms with E-state index in [-0.39, 0.29) is 5.56 Å². The van der Waals surface area contributed by atoms with Crippen molar-refractivity contribution in [2.24, 2.45) is 7.05 Å². The summed E-state index contributed by atoms with van der Waals surface area (Å²) in [4.78, 5) is 19.8. The Hall–Kier alpha value is -2.66. The van der Waals surface area contributed by atoms with Gasteiger partial charge in [0.05, 0.1) is 18.1 Å². The second-order valence-corrected chi connectivity index (χ2v) is 6.90. The number of fused-ring (bicyclic) bond motifs is 1. The van der Waals surface area contributed by atoms with Gasteiger partial charge in [0.15, 0.2) is 0 Å². The maximum absolute atomic E-state index is 12.8. The first-order valence-electron chi connectivity index (χ1n) is 8.97. The highest BCUT2D eigenvalue weighted by Gasteiger charge is 2.30. The molecule has 134 valence electrons. The Morgan fingerprint density at radius 2 is 1.85 bits per heavy atom. The van der Waals surface area contributed by atoms with Crippen molar-refractivity contribution >= 4 is 11.0 Å². The topological polar surface area (TPSA) is 47.4 Å². The molecule has 5 heteroatoms. The molecule has 0 radical (unpaired) electrons. The van der Waals surface area contributed by atoms with Crippen LogP contribution in [0.1, 0.15) is 24.1 Å². The SMILES string of the molecule is COc1ccc(CN(Cc2nc3ccccc3n(C)c2=O)C2CC2)cc1. The average molecular weight is 349 g/mol. The molecule has 1 heterocycles. The van der Waals surface area contributed by atoms with Crippen molar-refractivity contribution in [3.8, 4) is 5.75 Å². The van der Waals surface area contributed by atoms with Gasteiger partial charge in [0, 0.05) is 26.2 Å². The van der Waals surface area contributed by atoms with E-state index in [2.05, 4.69) is 22.0 Å². The lowest BCUT2D eigenvalue weighted by Crippen LogP contribution is -2.31. The van der Waals surface area contributed by atoms with Crippen LogP contribution in [0, 0.1) is 0 Å². The van der Waals surface area contributed by atoms with E-state index in [4.69, 9.17) is 4.74 Å². The van der Waals surface area contributed by atoms with Gasteiger partial charge in [-0.15, -0.1) is 0 Å². The molecule has 0 bridgehead atoms. The van der Waals surface area contributed by atoms with Crippen LogP contribution in [0.5, 0.6) is 5.75 Å². The number of hydrogen-bond donors (Lipinski definition) is 0. The summed E-state index contributed by atoms with van der Waals surface area (Å²) < 4.78 is 6.94. The van der Waals surface area contributed by atoms with Crippen molar-refractivity contribution in [1.82, 2.24) is 14.5 Å². The molecule has 0 aliphatic heterocycles. The third kappa shape index (κ3) is 3.35. The summed E-state index contributed by atoms with van der Waals surface area (Å²) in [5, 5.41) is 0. The molecule has 26 heavy (non-hydrogen) atoms. The Kier molecular flexibility index (Phi) is 4.47. The van der Waals surface area contributed by atoms with Crippen LogP contribution in [0.3, 0.4) is 0 Å². The van der Waals surface area contributed by atoms with Crippen LogP contribution in [-0.2, 0) is 20.1 Å². The molecule has 1 saturated carbocycles. The minimum absolute atomic E-state index is 0.0101. The number of hydrogen-bond acceptors (Lipinski definition) is 4. The van der Waals surface area contributed by atoms with Crippen LogP contribution in [0.2, 0.25) is 0 Å². The zero-order valence-electron chi connectivity index (χ0n) is 15.2. The van der Waals surface area contributed by atoms with Gasteiger partial charge >= 0.3 is 0 Å². The van der Waals surface area contributed by atoms with E-state index >= 15 is 0 Å². The molecule has 0 N–H and O–H groups in total. The quantitative estimate of drug-likeness (QED) is 0.686. The molecular weight excluding hydrogens is 326 g/mol. The fourth-order valence-electron chi connectivity index (χ4n) is 3.35. The van der Waals surface area contributed by atoms with Gasteiger partial charge in [0.25, 0.3) is 5.56 Å². The number of methoxy groups -OCH3 is 1. The van der Waals surface area contributed by atoms with Crippen molar-refractivity contribution in [1.29, 1.82) is 0 Å². The Morgan fingerprint density at radius 3 is 2.54 bits per heavy atom. The number of para-hydroxylation sites is 2. The molecule has 3 aromatic rings. The van der Waals surface area contributed by atoms with Crippen LogP contribution in [0.4, 0.5) is 0 Å². The van der Waals surface area contributed by atoms with Gasteiger partial charge in [0.1, 0.15) is 11.4 Å². The number of aryl methyl sites for hydroxylation is 1. The van der Waals surface area contributed by atoms with Gasteiger partial charge in [-0.25, -0.2) is 4.98 Å². The molecule has 4 rings (SSSR count). The Balaban J connectivity index is 1.61. The normalized spacial score (nSPS) is 14.1. The van der Waals surface area contributed by atoms with Crippen molar-refractivity contribution in [3.63, 3.8) is 0 Å². The predicted octanol–water partition coefficient (Wildman–Crippen LogP) is 3.11. The second kappa shape index (κ2) is 6.92. The number of benzene rings is 2. The first-order valence-corrected chi connectivity index (χ1v) is 8.97. The molecule has 0 amide bonds. The molecule has 0 spiro atoms. The maximum Gasteiger partial charge on any atom is 0.273 e. The summed E-state index contributed by atoms with van der Waals surface area (Å²) >= 11 is 0. The molecule has 1 aliphatic rings. The maximum atomic E-state index is 12.8. The minimum Gasteiger partial charge on any atom is -0.497 e. The number of aromatic nitrogens is 2. The van der Waals surface area contributed by atoms with Crippen LogP contribution in [-0.4, -0.2) is 27.6 Å². The fraction of sp³-hybridized carbons (Fsp3) is 0.333.